The predicted molar refractivity (Wildman–Crippen MR) is 82.4 cm³/mol. The van der Waals surface area contributed by atoms with Crippen LogP contribution < -0.4 is 16.0 Å². The average molecular weight is 291 g/mol. The van der Waals surface area contributed by atoms with Crippen molar-refractivity contribution in [1.29, 1.82) is 0 Å². The maximum atomic E-state index is 11.8. The lowest BCUT2D eigenvalue weighted by atomic mass is 10.1. The molecule has 1 unspecified atom stereocenters. The maximum absolute atomic E-state index is 11.8. The first kappa shape index (κ1) is 14.4. The summed E-state index contributed by atoms with van der Waals surface area (Å²) in [4.78, 5) is 14.1. The number of carbonyl (C=O) groups is 1. The minimum Gasteiger partial charge on any atom is -0.365 e. The molecule has 0 bridgehead atoms. The van der Waals surface area contributed by atoms with Crippen molar-refractivity contribution < 1.29 is 4.79 Å². The molecule has 1 amide bonds. The van der Waals surface area contributed by atoms with Gasteiger partial charge in [-0.25, -0.2) is 0 Å². The van der Waals surface area contributed by atoms with Crippen molar-refractivity contribution in [1.82, 2.24) is 15.1 Å². The number of aryl methyl sites for hydroxylation is 2. The molecule has 0 aromatic carbocycles. The second-order valence-electron chi connectivity index (χ2n) is 6.41. The number of amides is 1. The summed E-state index contributed by atoms with van der Waals surface area (Å²) in [7, 11) is 1.90. The van der Waals surface area contributed by atoms with Crippen LogP contribution in [0.4, 0.5) is 5.82 Å². The molecule has 2 heterocycles. The molecule has 0 radical (unpaired) electrons. The van der Waals surface area contributed by atoms with E-state index in [1.54, 1.807) is 0 Å². The number of nitrogens with one attached hydrogen (secondary N) is 1. The number of hydrogen-bond donors (Lipinski definition) is 2. The lowest BCUT2D eigenvalue weighted by molar-refractivity contribution is 0.1000. The third-order valence-corrected chi connectivity index (χ3v) is 4.52. The maximum Gasteiger partial charge on any atom is 0.254 e. The van der Waals surface area contributed by atoms with Crippen molar-refractivity contribution in [2.75, 3.05) is 24.5 Å². The van der Waals surface area contributed by atoms with E-state index in [0.29, 0.717) is 11.6 Å². The summed E-state index contributed by atoms with van der Waals surface area (Å²) in [5.74, 6) is 1.26. The Morgan fingerprint density at radius 2 is 2.19 bits per heavy atom. The molecule has 21 heavy (non-hydrogen) atoms. The van der Waals surface area contributed by atoms with Crippen LogP contribution in [0.15, 0.2) is 0 Å². The number of rotatable bonds is 6. The Hall–Kier alpha value is -1.56. The zero-order chi connectivity index (χ0) is 15.0. The number of aromatic nitrogens is 2. The molecule has 3 N–H and O–H groups in total. The first-order chi connectivity index (χ1) is 10.1. The van der Waals surface area contributed by atoms with Gasteiger partial charge in [0.25, 0.3) is 5.91 Å². The Bertz CT molecular complexity index is 528. The molecule has 1 aliphatic heterocycles. The lowest BCUT2D eigenvalue weighted by Gasteiger charge is -2.28. The van der Waals surface area contributed by atoms with Crippen molar-refractivity contribution >= 4 is 11.7 Å². The van der Waals surface area contributed by atoms with Crippen LogP contribution in [-0.4, -0.2) is 41.4 Å². The third kappa shape index (κ3) is 3.05. The van der Waals surface area contributed by atoms with E-state index in [0.717, 1.165) is 37.1 Å². The quantitative estimate of drug-likeness (QED) is 0.812. The van der Waals surface area contributed by atoms with Gasteiger partial charge >= 0.3 is 0 Å². The number of nitrogens with zero attached hydrogens (tertiary/aromatic N) is 3. The Morgan fingerprint density at radius 3 is 2.76 bits per heavy atom. The van der Waals surface area contributed by atoms with E-state index in [1.165, 1.54) is 25.7 Å². The molecular weight excluding hydrogens is 266 g/mol. The molecule has 1 saturated carbocycles. The predicted octanol–water partition coefficient (Wildman–Crippen LogP) is 0.796. The van der Waals surface area contributed by atoms with E-state index in [1.807, 2.05) is 18.7 Å². The summed E-state index contributed by atoms with van der Waals surface area (Å²) < 4.78 is 1.81. The van der Waals surface area contributed by atoms with Crippen LogP contribution >= 0.6 is 0 Å². The summed E-state index contributed by atoms with van der Waals surface area (Å²) in [6, 6.07) is 0.500. The summed E-state index contributed by atoms with van der Waals surface area (Å²) >= 11 is 0. The SMILES string of the molecule is Cc1nn(C)c(N(CC2CC2)CC2CCCN2)c1C(N)=O. The van der Waals surface area contributed by atoms with E-state index in [4.69, 9.17) is 5.73 Å². The fourth-order valence-corrected chi connectivity index (χ4v) is 3.34. The highest BCUT2D eigenvalue weighted by Crippen LogP contribution is 2.33. The Balaban J connectivity index is 1.88. The van der Waals surface area contributed by atoms with Gasteiger partial charge < -0.3 is 16.0 Å². The van der Waals surface area contributed by atoms with Gasteiger partial charge in [-0.2, -0.15) is 5.10 Å². The Kier molecular flexibility index (Phi) is 3.89. The fourth-order valence-electron chi connectivity index (χ4n) is 3.34. The normalized spacial score (nSPS) is 21.7. The number of carbonyl (C=O) groups excluding carboxylic acids is 1. The van der Waals surface area contributed by atoms with Crippen molar-refractivity contribution in [2.24, 2.45) is 18.7 Å². The van der Waals surface area contributed by atoms with Crippen LogP contribution in [0.25, 0.3) is 0 Å². The number of hydrogen-bond acceptors (Lipinski definition) is 4. The van der Waals surface area contributed by atoms with E-state index < -0.39 is 0 Å². The van der Waals surface area contributed by atoms with Gasteiger partial charge in [0.2, 0.25) is 0 Å². The standard InChI is InChI=1S/C15H25N5O/c1-10-13(14(16)21)15(19(2)18-10)20(8-11-5-6-11)9-12-4-3-7-17-12/h11-12,17H,3-9H2,1-2H3,(H2,16,21). The van der Waals surface area contributed by atoms with Crippen LogP contribution in [0.5, 0.6) is 0 Å². The first-order valence-electron chi connectivity index (χ1n) is 7.88. The zero-order valence-electron chi connectivity index (χ0n) is 12.9. The molecule has 1 aromatic rings. The van der Waals surface area contributed by atoms with Crippen LogP contribution in [-0.2, 0) is 7.05 Å². The van der Waals surface area contributed by atoms with Gasteiger partial charge in [-0.3, -0.25) is 9.48 Å². The van der Waals surface area contributed by atoms with E-state index in [2.05, 4.69) is 15.3 Å². The summed E-state index contributed by atoms with van der Waals surface area (Å²) in [5, 5.41) is 7.95. The van der Waals surface area contributed by atoms with Gasteiger partial charge in [-0.05, 0) is 45.1 Å². The van der Waals surface area contributed by atoms with Crippen molar-refractivity contribution in [2.45, 2.75) is 38.6 Å². The first-order valence-corrected chi connectivity index (χ1v) is 7.88. The minimum atomic E-state index is -0.379. The van der Waals surface area contributed by atoms with Gasteiger partial charge in [0, 0.05) is 26.2 Å². The molecule has 2 aliphatic rings. The second kappa shape index (κ2) is 5.67. The Labute approximate surface area is 125 Å². The molecule has 2 fully saturated rings. The highest BCUT2D eigenvalue weighted by atomic mass is 16.1. The van der Waals surface area contributed by atoms with Gasteiger partial charge in [0.1, 0.15) is 11.4 Å². The average Bonchev–Trinajstić information content (AvgIpc) is 2.96. The number of primary amides is 1. The molecule has 1 aliphatic carbocycles. The monoisotopic (exact) mass is 291 g/mol. The van der Waals surface area contributed by atoms with Crippen LogP contribution in [0.1, 0.15) is 41.7 Å². The largest absolute Gasteiger partial charge is 0.365 e. The van der Waals surface area contributed by atoms with E-state index >= 15 is 0 Å². The van der Waals surface area contributed by atoms with Crippen molar-refractivity contribution in [3.8, 4) is 0 Å². The van der Waals surface area contributed by atoms with E-state index in [-0.39, 0.29) is 5.91 Å². The summed E-state index contributed by atoms with van der Waals surface area (Å²) in [6.45, 7) is 4.87. The zero-order valence-corrected chi connectivity index (χ0v) is 12.9. The molecule has 1 atom stereocenters. The molecule has 6 heteroatoms. The number of anilines is 1. The van der Waals surface area contributed by atoms with E-state index in [9.17, 15) is 4.79 Å². The topological polar surface area (TPSA) is 76.2 Å². The van der Waals surface area contributed by atoms with Gasteiger partial charge in [0.05, 0.1) is 5.69 Å². The molecule has 3 rings (SSSR count). The van der Waals surface area contributed by atoms with Gasteiger partial charge in [-0.1, -0.05) is 0 Å². The van der Waals surface area contributed by atoms with Crippen LogP contribution in [0.2, 0.25) is 0 Å². The fraction of sp³-hybridized carbons (Fsp3) is 0.733. The Morgan fingerprint density at radius 1 is 1.43 bits per heavy atom. The van der Waals surface area contributed by atoms with Gasteiger partial charge in [0.15, 0.2) is 0 Å². The summed E-state index contributed by atoms with van der Waals surface area (Å²) in [6.07, 6.45) is 5.01. The highest BCUT2D eigenvalue weighted by molar-refractivity contribution is 5.99. The molecule has 6 nitrogen and oxygen atoms in total. The third-order valence-electron chi connectivity index (χ3n) is 4.52. The molecular formula is C15H25N5O. The van der Waals surface area contributed by atoms with Crippen LogP contribution in [0.3, 0.4) is 0 Å². The number of nitrogens with two attached hydrogens (primary N) is 1. The van der Waals surface area contributed by atoms with Crippen LogP contribution in [0, 0.1) is 12.8 Å². The highest BCUT2D eigenvalue weighted by Gasteiger charge is 2.31. The van der Waals surface area contributed by atoms with Crippen molar-refractivity contribution in [3.05, 3.63) is 11.3 Å². The summed E-state index contributed by atoms with van der Waals surface area (Å²) in [5.41, 5.74) is 6.89. The molecule has 116 valence electrons. The molecule has 1 aromatic heterocycles. The molecule has 0 spiro atoms. The lowest BCUT2D eigenvalue weighted by Crippen LogP contribution is -2.40. The van der Waals surface area contributed by atoms with Gasteiger partial charge in [-0.15, -0.1) is 0 Å². The second-order valence-corrected chi connectivity index (χ2v) is 6.41. The van der Waals surface area contributed by atoms with Crippen molar-refractivity contribution in [3.63, 3.8) is 0 Å². The molecule has 1 saturated heterocycles. The smallest absolute Gasteiger partial charge is 0.254 e. The minimum absolute atomic E-state index is 0.379.